The zero-order valence-corrected chi connectivity index (χ0v) is 10.3. The average molecular weight is 280 g/mol. The second-order valence-electron chi connectivity index (χ2n) is 3.95. The summed E-state index contributed by atoms with van der Waals surface area (Å²) < 4.78 is 10.0. The number of aliphatic hydroxyl groups is 1. The molecule has 0 aliphatic heterocycles. The number of nitrogens with zero attached hydrogens (tertiary/aromatic N) is 1. The number of furan rings is 1. The van der Waals surface area contributed by atoms with Gasteiger partial charge >= 0.3 is 5.97 Å². The van der Waals surface area contributed by atoms with Crippen LogP contribution in [0.3, 0.4) is 0 Å². The van der Waals surface area contributed by atoms with E-state index in [1.807, 2.05) is 0 Å². The number of hydrogen-bond donors (Lipinski definition) is 3. The summed E-state index contributed by atoms with van der Waals surface area (Å²) in [7, 11) is 0. The van der Waals surface area contributed by atoms with E-state index in [0.29, 0.717) is 11.5 Å². The molecule has 1 amide bonds. The van der Waals surface area contributed by atoms with E-state index in [2.05, 4.69) is 10.5 Å². The van der Waals surface area contributed by atoms with Crippen LogP contribution in [0.1, 0.15) is 16.9 Å². The first-order valence-corrected chi connectivity index (χ1v) is 5.77. The van der Waals surface area contributed by atoms with Gasteiger partial charge in [0.2, 0.25) is 5.76 Å². The van der Waals surface area contributed by atoms with Crippen molar-refractivity contribution in [1.82, 2.24) is 10.5 Å². The Balaban J connectivity index is 1.89. The van der Waals surface area contributed by atoms with E-state index in [1.54, 1.807) is 12.1 Å². The van der Waals surface area contributed by atoms with Crippen LogP contribution >= 0.6 is 0 Å². The van der Waals surface area contributed by atoms with Crippen LogP contribution in [0.15, 0.2) is 33.4 Å². The van der Waals surface area contributed by atoms with Crippen molar-refractivity contribution >= 4 is 11.9 Å². The Morgan fingerprint density at radius 1 is 1.40 bits per heavy atom. The van der Waals surface area contributed by atoms with Crippen LogP contribution in [0.2, 0.25) is 0 Å². The fourth-order valence-electron chi connectivity index (χ4n) is 1.45. The summed E-state index contributed by atoms with van der Waals surface area (Å²) >= 11 is 0. The molecule has 0 spiro atoms. The monoisotopic (exact) mass is 280 g/mol. The number of aromatic nitrogens is 1. The normalized spacial score (nSPS) is 12.1. The number of aliphatic carboxylic acids is 1. The summed E-state index contributed by atoms with van der Waals surface area (Å²) in [5.41, 5.74) is 0.0428. The molecule has 0 saturated heterocycles. The molecule has 0 saturated carbocycles. The molecule has 0 fully saturated rings. The average Bonchev–Trinajstić information content (AvgIpc) is 3.08. The van der Waals surface area contributed by atoms with E-state index in [9.17, 15) is 9.59 Å². The van der Waals surface area contributed by atoms with Crippen molar-refractivity contribution < 1.29 is 28.7 Å². The Hall–Kier alpha value is -2.61. The van der Waals surface area contributed by atoms with Gasteiger partial charge in [-0.3, -0.25) is 4.79 Å². The van der Waals surface area contributed by atoms with Gasteiger partial charge in [-0.2, -0.15) is 0 Å². The van der Waals surface area contributed by atoms with E-state index in [0.717, 1.165) is 0 Å². The highest BCUT2D eigenvalue weighted by Gasteiger charge is 2.16. The molecule has 0 bridgehead atoms. The van der Waals surface area contributed by atoms with Crippen LogP contribution < -0.4 is 5.32 Å². The highest BCUT2D eigenvalue weighted by molar-refractivity contribution is 5.92. The molecule has 2 rings (SSSR count). The molecule has 0 unspecified atom stereocenters. The van der Waals surface area contributed by atoms with Gasteiger partial charge in [0, 0.05) is 19.0 Å². The fraction of sp³-hybridized carbons (Fsp3) is 0.250. The Morgan fingerprint density at radius 2 is 2.20 bits per heavy atom. The van der Waals surface area contributed by atoms with Crippen molar-refractivity contribution in [2.45, 2.75) is 12.5 Å². The highest BCUT2D eigenvalue weighted by Crippen LogP contribution is 2.20. The first-order chi connectivity index (χ1) is 9.58. The maximum Gasteiger partial charge on any atom is 0.332 e. The van der Waals surface area contributed by atoms with E-state index < -0.39 is 18.0 Å². The number of carboxylic acid groups (broad SMARTS) is 1. The molecule has 2 heterocycles. The number of hydrogen-bond acceptors (Lipinski definition) is 6. The molecule has 8 heteroatoms. The van der Waals surface area contributed by atoms with Gasteiger partial charge in [0.1, 0.15) is 0 Å². The summed E-state index contributed by atoms with van der Waals surface area (Å²) in [6.45, 7) is 0.00917. The summed E-state index contributed by atoms with van der Waals surface area (Å²) in [6.07, 6.45) is -0.138. The maximum atomic E-state index is 11.7. The topological polar surface area (TPSA) is 126 Å². The lowest BCUT2D eigenvalue weighted by Gasteiger charge is -2.05. The van der Waals surface area contributed by atoms with Crippen molar-refractivity contribution in [2.24, 2.45) is 0 Å². The molecule has 0 aromatic carbocycles. The van der Waals surface area contributed by atoms with Crippen molar-refractivity contribution in [3.05, 3.63) is 30.2 Å². The third kappa shape index (κ3) is 3.23. The van der Waals surface area contributed by atoms with Crippen LogP contribution in [0.5, 0.6) is 0 Å². The molecule has 2 aromatic heterocycles. The van der Waals surface area contributed by atoms with Crippen LogP contribution in [0.4, 0.5) is 0 Å². The fourth-order valence-corrected chi connectivity index (χ4v) is 1.45. The standard InChI is InChI=1S/C12H12N2O6/c15-8(12(17)18)3-4-13-11(16)7-6-10(20-14-7)9-2-1-5-19-9/h1-2,5-6,8,15H,3-4H2,(H,13,16)(H,17,18)/t8-/m0/s1. The van der Waals surface area contributed by atoms with Gasteiger partial charge in [-0.05, 0) is 12.1 Å². The maximum absolute atomic E-state index is 11.7. The Labute approximate surface area is 113 Å². The van der Waals surface area contributed by atoms with Gasteiger partial charge in [-0.25, -0.2) is 4.79 Å². The second-order valence-corrected chi connectivity index (χ2v) is 3.95. The Morgan fingerprint density at radius 3 is 2.85 bits per heavy atom. The summed E-state index contributed by atoms with van der Waals surface area (Å²) in [5, 5.41) is 23.5. The molecule has 0 radical (unpaired) electrons. The quantitative estimate of drug-likeness (QED) is 0.703. The van der Waals surface area contributed by atoms with Crippen LogP contribution in [-0.2, 0) is 4.79 Å². The number of aliphatic hydroxyl groups excluding tert-OH is 1. The summed E-state index contributed by atoms with van der Waals surface area (Å²) in [6, 6.07) is 4.73. The van der Waals surface area contributed by atoms with Gasteiger partial charge < -0.3 is 24.5 Å². The number of amides is 1. The number of carbonyl (C=O) groups excluding carboxylic acids is 1. The number of nitrogens with one attached hydrogen (secondary N) is 1. The minimum Gasteiger partial charge on any atom is -0.479 e. The van der Waals surface area contributed by atoms with E-state index in [1.165, 1.54) is 12.3 Å². The van der Waals surface area contributed by atoms with Crippen LogP contribution in [0.25, 0.3) is 11.5 Å². The van der Waals surface area contributed by atoms with Crippen molar-refractivity contribution in [3.8, 4) is 11.5 Å². The van der Waals surface area contributed by atoms with Gasteiger partial charge in [0.05, 0.1) is 6.26 Å². The largest absolute Gasteiger partial charge is 0.479 e. The van der Waals surface area contributed by atoms with Crippen molar-refractivity contribution in [3.63, 3.8) is 0 Å². The van der Waals surface area contributed by atoms with E-state index in [-0.39, 0.29) is 18.7 Å². The number of rotatable bonds is 6. The van der Waals surface area contributed by atoms with Gasteiger partial charge in [-0.15, -0.1) is 0 Å². The molecule has 0 aliphatic carbocycles. The second kappa shape index (κ2) is 6.02. The Kier molecular flexibility index (Phi) is 4.16. The molecule has 106 valence electrons. The van der Waals surface area contributed by atoms with Crippen molar-refractivity contribution in [1.29, 1.82) is 0 Å². The van der Waals surface area contributed by atoms with Gasteiger partial charge in [-0.1, -0.05) is 5.16 Å². The molecular weight excluding hydrogens is 268 g/mol. The molecule has 1 atom stereocenters. The van der Waals surface area contributed by atoms with Crippen LogP contribution in [-0.4, -0.2) is 39.9 Å². The van der Waals surface area contributed by atoms with E-state index >= 15 is 0 Å². The molecule has 20 heavy (non-hydrogen) atoms. The van der Waals surface area contributed by atoms with Gasteiger partial charge in [0.25, 0.3) is 5.91 Å². The zero-order chi connectivity index (χ0) is 14.5. The lowest BCUT2D eigenvalue weighted by molar-refractivity contribution is -0.146. The van der Waals surface area contributed by atoms with E-state index in [4.69, 9.17) is 19.2 Å². The Bertz CT molecular complexity index is 589. The molecule has 8 nitrogen and oxygen atoms in total. The predicted molar refractivity (Wildman–Crippen MR) is 64.8 cm³/mol. The summed E-state index contributed by atoms with van der Waals surface area (Å²) in [4.78, 5) is 22.1. The number of carbonyl (C=O) groups is 2. The SMILES string of the molecule is O=C(NCC[C@H](O)C(=O)O)c1cc(-c2ccco2)on1. The van der Waals surface area contributed by atoms with Gasteiger partial charge in [0.15, 0.2) is 17.6 Å². The molecular formula is C12H12N2O6. The first-order valence-electron chi connectivity index (χ1n) is 5.77. The smallest absolute Gasteiger partial charge is 0.332 e. The highest BCUT2D eigenvalue weighted by atomic mass is 16.5. The third-order valence-corrected chi connectivity index (χ3v) is 2.50. The minimum absolute atomic E-state index is 0.00917. The zero-order valence-electron chi connectivity index (χ0n) is 10.3. The predicted octanol–water partition coefficient (Wildman–Crippen LogP) is 0.500. The first kappa shape index (κ1) is 13.8. The summed E-state index contributed by atoms with van der Waals surface area (Å²) in [5.74, 6) is -1.10. The lowest BCUT2D eigenvalue weighted by Crippen LogP contribution is -2.30. The molecule has 0 aliphatic rings. The lowest BCUT2D eigenvalue weighted by atomic mass is 10.2. The number of carboxylic acids is 1. The molecule has 3 N–H and O–H groups in total. The van der Waals surface area contributed by atoms with Crippen molar-refractivity contribution in [2.75, 3.05) is 6.54 Å². The van der Waals surface area contributed by atoms with Crippen LogP contribution in [0, 0.1) is 0 Å². The minimum atomic E-state index is -1.51. The molecule has 2 aromatic rings. The third-order valence-electron chi connectivity index (χ3n) is 2.50.